The summed E-state index contributed by atoms with van der Waals surface area (Å²) in [5.74, 6) is 0.612. The standard InChI is InChI=1S/C8H11ClN4/c9-7-2-4-11-8(13-7)12-6-1-3-10-5-6/h2,4,6,10H,1,3,5H2,(H,11,12,13). The number of halogens is 1. The van der Waals surface area contributed by atoms with Crippen molar-refractivity contribution in [2.45, 2.75) is 12.5 Å². The van der Waals surface area contributed by atoms with E-state index in [0.717, 1.165) is 19.5 Å². The zero-order valence-electron chi connectivity index (χ0n) is 7.13. The van der Waals surface area contributed by atoms with Crippen molar-refractivity contribution in [3.8, 4) is 0 Å². The van der Waals surface area contributed by atoms with Crippen LogP contribution in [-0.4, -0.2) is 29.1 Å². The molecule has 1 unspecified atom stereocenters. The Morgan fingerprint density at radius 1 is 1.62 bits per heavy atom. The van der Waals surface area contributed by atoms with E-state index in [1.165, 1.54) is 0 Å². The molecule has 2 rings (SSSR count). The lowest BCUT2D eigenvalue weighted by Gasteiger charge is -2.10. The molecule has 70 valence electrons. The number of nitrogens with one attached hydrogen (secondary N) is 2. The number of rotatable bonds is 2. The molecule has 0 aromatic carbocycles. The Kier molecular flexibility index (Phi) is 2.61. The van der Waals surface area contributed by atoms with Crippen LogP contribution < -0.4 is 10.6 Å². The van der Waals surface area contributed by atoms with Gasteiger partial charge < -0.3 is 10.6 Å². The van der Waals surface area contributed by atoms with Gasteiger partial charge in [-0.15, -0.1) is 0 Å². The van der Waals surface area contributed by atoms with E-state index in [4.69, 9.17) is 11.6 Å². The Morgan fingerprint density at radius 2 is 2.54 bits per heavy atom. The molecule has 0 amide bonds. The molecule has 2 N–H and O–H groups in total. The molecule has 0 spiro atoms. The maximum atomic E-state index is 5.72. The summed E-state index contributed by atoms with van der Waals surface area (Å²) in [7, 11) is 0. The summed E-state index contributed by atoms with van der Waals surface area (Å²) in [5.41, 5.74) is 0. The molecule has 1 aliphatic rings. The van der Waals surface area contributed by atoms with Crippen LogP contribution in [0.15, 0.2) is 12.3 Å². The maximum absolute atomic E-state index is 5.72. The first kappa shape index (κ1) is 8.72. The zero-order chi connectivity index (χ0) is 9.10. The quantitative estimate of drug-likeness (QED) is 0.694. The van der Waals surface area contributed by atoms with E-state index in [9.17, 15) is 0 Å². The lowest BCUT2D eigenvalue weighted by Crippen LogP contribution is -2.23. The SMILES string of the molecule is Clc1ccnc(NC2CCNC2)n1. The fraction of sp³-hybridized carbons (Fsp3) is 0.500. The van der Waals surface area contributed by atoms with E-state index in [1.54, 1.807) is 12.3 Å². The Labute approximate surface area is 81.7 Å². The lowest BCUT2D eigenvalue weighted by atomic mass is 10.3. The minimum atomic E-state index is 0.429. The number of hydrogen-bond donors (Lipinski definition) is 2. The molecule has 0 aliphatic carbocycles. The number of hydrogen-bond acceptors (Lipinski definition) is 4. The van der Waals surface area contributed by atoms with E-state index in [2.05, 4.69) is 20.6 Å². The van der Waals surface area contributed by atoms with E-state index >= 15 is 0 Å². The Bertz CT molecular complexity index is 285. The van der Waals surface area contributed by atoms with Crippen LogP contribution >= 0.6 is 11.6 Å². The second kappa shape index (κ2) is 3.89. The molecule has 0 radical (unpaired) electrons. The van der Waals surface area contributed by atoms with Crippen molar-refractivity contribution in [1.82, 2.24) is 15.3 Å². The number of anilines is 1. The van der Waals surface area contributed by atoms with Crippen molar-refractivity contribution in [2.75, 3.05) is 18.4 Å². The molecule has 13 heavy (non-hydrogen) atoms. The summed E-state index contributed by atoms with van der Waals surface area (Å²) < 4.78 is 0. The summed E-state index contributed by atoms with van der Waals surface area (Å²) in [6, 6.07) is 2.10. The molecule has 0 saturated carbocycles. The van der Waals surface area contributed by atoms with E-state index in [1.807, 2.05) is 0 Å². The summed E-state index contributed by atoms with van der Waals surface area (Å²) in [4.78, 5) is 8.12. The molecule has 2 heterocycles. The lowest BCUT2D eigenvalue weighted by molar-refractivity contribution is 0.780. The van der Waals surface area contributed by atoms with Gasteiger partial charge >= 0.3 is 0 Å². The van der Waals surface area contributed by atoms with Crippen LogP contribution in [0.5, 0.6) is 0 Å². The Morgan fingerprint density at radius 3 is 3.23 bits per heavy atom. The first-order chi connectivity index (χ1) is 6.34. The smallest absolute Gasteiger partial charge is 0.224 e. The van der Waals surface area contributed by atoms with Crippen molar-refractivity contribution in [3.05, 3.63) is 17.4 Å². The average Bonchev–Trinajstić information content (AvgIpc) is 2.57. The fourth-order valence-electron chi connectivity index (χ4n) is 1.37. The van der Waals surface area contributed by atoms with Gasteiger partial charge in [-0.1, -0.05) is 11.6 Å². The van der Waals surface area contributed by atoms with Crippen molar-refractivity contribution in [1.29, 1.82) is 0 Å². The van der Waals surface area contributed by atoms with Crippen LogP contribution in [0, 0.1) is 0 Å². The Balaban J connectivity index is 2.00. The molecule has 1 atom stereocenters. The third-order valence-corrected chi connectivity index (χ3v) is 2.23. The third-order valence-electron chi connectivity index (χ3n) is 2.02. The van der Waals surface area contributed by atoms with Gasteiger partial charge in [0.15, 0.2) is 0 Å². The molecule has 4 nitrogen and oxygen atoms in total. The summed E-state index contributed by atoms with van der Waals surface area (Å²) in [6.07, 6.45) is 2.76. The summed E-state index contributed by atoms with van der Waals surface area (Å²) in [5, 5.41) is 6.94. The molecular formula is C8H11ClN4. The van der Waals surface area contributed by atoms with Crippen LogP contribution in [0.2, 0.25) is 5.15 Å². The first-order valence-corrected chi connectivity index (χ1v) is 4.68. The van der Waals surface area contributed by atoms with Gasteiger partial charge in [0.1, 0.15) is 5.15 Å². The molecule has 1 aromatic heterocycles. The topological polar surface area (TPSA) is 49.8 Å². The molecule has 1 saturated heterocycles. The Hall–Kier alpha value is -0.870. The highest BCUT2D eigenvalue weighted by Crippen LogP contribution is 2.09. The van der Waals surface area contributed by atoms with Gasteiger partial charge in [-0.2, -0.15) is 0 Å². The van der Waals surface area contributed by atoms with Gasteiger partial charge in [-0.25, -0.2) is 9.97 Å². The highest BCUT2D eigenvalue weighted by molar-refractivity contribution is 6.29. The van der Waals surface area contributed by atoms with Crippen LogP contribution in [0.1, 0.15) is 6.42 Å². The fourth-order valence-corrected chi connectivity index (χ4v) is 1.50. The first-order valence-electron chi connectivity index (χ1n) is 4.30. The van der Waals surface area contributed by atoms with Gasteiger partial charge in [0.25, 0.3) is 0 Å². The molecule has 0 bridgehead atoms. The van der Waals surface area contributed by atoms with Crippen LogP contribution in [-0.2, 0) is 0 Å². The van der Waals surface area contributed by atoms with Gasteiger partial charge in [0.2, 0.25) is 5.95 Å². The highest BCUT2D eigenvalue weighted by Gasteiger charge is 2.14. The number of aromatic nitrogens is 2. The highest BCUT2D eigenvalue weighted by atomic mass is 35.5. The predicted molar refractivity (Wildman–Crippen MR) is 51.9 cm³/mol. The molecular weight excluding hydrogens is 188 g/mol. The molecule has 1 fully saturated rings. The molecule has 1 aromatic rings. The van der Waals surface area contributed by atoms with Crippen molar-refractivity contribution in [2.24, 2.45) is 0 Å². The largest absolute Gasteiger partial charge is 0.350 e. The van der Waals surface area contributed by atoms with Crippen LogP contribution in [0.3, 0.4) is 0 Å². The van der Waals surface area contributed by atoms with Crippen LogP contribution in [0.4, 0.5) is 5.95 Å². The summed E-state index contributed by atoms with van der Waals surface area (Å²) >= 11 is 5.72. The predicted octanol–water partition coefficient (Wildman–Crippen LogP) is 0.904. The normalized spacial score (nSPS) is 21.8. The van der Waals surface area contributed by atoms with Gasteiger partial charge in [0, 0.05) is 18.8 Å². The van der Waals surface area contributed by atoms with Gasteiger partial charge in [0.05, 0.1) is 0 Å². The van der Waals surface area contributed by atoms with Crippen LogP contribution in [0.25, 0.3) is 0 Å². The van der Waals surface area contributed by atoms with Crippen molar-refractivity contribution < 1.29 is 0 Å². The minimum absolute atomic E-state index is 0.429. The maximum Gasteiger partial charge on any atom is 0.224 e. The van der Waals surface area contributed by atoms with Gasteiger partial charge in [-0.05, 0) is 19.0 Å². The van der Waals surface area contributed by atoms with Crippen molar-refractivity contribution >= 4 is 17.5 Å². The molecule has 1 aliphatic heterocycles. The summed E-state index contributed by atoms with van der Waals surface area (Å²) in [6.45, 7) is 2.02. The second-order valence-electron chi connectivity index (χ2n) is 3.04. The van der Waals surface area contributed by atoms with E-state index in [-0.39, 0.29) is 0 Å². The number of nitrogens with zero attached hydrogens (tertiary/aromatic N) is 2. The van der Waals surface area contributed by atoms with E-state index in [0.29, 0.717) is 17.1 Å². The van der Waals surface area contributed by atoms with Gasteiger partial charge in [-0.3, -0.25) is 0 Å². The second-order valence-corrected chi connectivity index (χ2v) is 3.42. The monoisotopic (exact) mass is 198 g/mol. The zero-order valence-corrected chi connectivity index (χ0v) is 7.88. The average molecular weight is 199 g/mol. The minimum Gasteiger partial charge on any atom is -0.350 e. The third kappa shape index (κ3) is 2.29. The van der Waals surface area contributed by atoms with Crippen molar-refractivity contribution in [3.63, 3.8) is 0 Å². The molecule has 5 heteroatoms. The van der Waals surface area contributed by atoms with E-state index < -0.39 is 0 Å².